The number of piperazine rings is 1. The molecule has 1 amide bonds. The highest BCUT2D eigenvalue weighted by Crippen LogP contribution is 2.21. The lowest BCUT2D eigenvalue weighted by atomic mass is 10.2. The first kappa shape index (κ1) is 19.7. The summed E-state index contributed by atoms with van der Waals surface area (Å²) >= 11 is 7.37. The van der Waals surface area contributed by atoms with E-state index in [1.807, 2.05) is 53.4 Å². The molecule has 0 spiro atoms. The summed E-state index contributed by atoms with van der Waals surface area (Å²) in [6.07, 6.45) is 3.45. The van der Waals surface area contributed by atoms with Crippen molar-refractivity contribution in [2.45, 2.75) is 5.03 Å². The monoisotopic (exact) mass is 425 g/mol. The Morgan fingerprint density at radius 3 is 2.31 bits per heavy atom. The summed E-state index contributed by atoms with van der Waals surface area (Å²) in [6.45, 7) is 3.07. The second-order valence-electron chi connectivity index (χ2n) is 6.63. The molecule has 0 bridgehead atoms. The van der Waals surface area contributed by atoms with Gasteiger partial charge in [0.1, 0.15) is 5.03 Å². The molecule has 148 valence electrons. The second kappa shape index (κ2) is 9.24. The Morgan fingerprint density at radius 2 is 1.66 bits per heavy atom. The molecule has 0 N–H and O–H groups in total. The molecular formula is C21H20ClN5OS. The Kier molecular flexibility index (Phi) is 6.27. The number of pyridine rings is 1. The van der Waals surface area contributed by atoms with E-state index in [0.717, 1.165) is 40.1 Å². The lowest BCUT2D eigenvalue weighted by Gasteiger charge is -2.36. The van der Waals surface area contributed by atoms with Gasteiger partial charge < -0.3 is 9.80 Å². The molecule has 3 aromatic rings. The molecule has 2 aromatic heterocycles. The molecule has 8 heteroatoms. The summed E-state index contributed by atoms with van der Waals surface area (Å²) in [6, 6.07) is 15.4. The summed E-state index contributed by atoms with van der Waals surface area (Å²) in [7, 11) is 0. The van der Waals surface area contributed by atoms with Crippen LogP contribution in [-0.4, -0.2) is 57.9 Å². The number of rotatable bonds is 5. The maximum Gasteiger partial charge on any atom is 0.233 e. The third-order valence-corrected chi connectivity index (χ3v) is 5.94. The molecule has 0 atom stereocenters. The zero-order chi connectivity index (χ0) is 20.1. The van der Waals surface area contributed by atoms with Crippen molar-refractivity contribution in [2.75, 3.05) is 36.8 Å². The number of amides is 1. The molecule has 4 rings (SSSR count). The highest BCUT2D eigenvalue weighted by Gasteiger charge is 2.21. The number of carbonyl (C=O) groups excluding carboxylic acids is 1. The van der Waals surface area contributed by atoms with E-state index in [0.29, 0.717) is 18.8 Å². The van der Waals surface area contributed by atoms with Gasteiger partial charge in [0.05, 0.1) is 11.4 Å². The van der Waals surface area contributed by atoms with Crippen molar-refractivity contribution in [2.24, 2.45) is 0 Å². The predicted octanol–water partition coefficient (Wildman–Crippen LogP) is 3.63. The number of hydrogen-bond acceptors (Lipinski definition) is 6. The summed E-state index contributed by atoms with van der Waals surface area (Å²) < 4.78 is 0. The largest absolute Gasteiger partial charge is 0.368 e. The number of nitrogens with zero attached hydrogens (tertiary/aromatic N) is 5. The number of carbonyl (C=O) groups is 1. The fourth-order valence-electron chi connectivity index (χ4n) is 3.17. The van der Waals surface area contributed by atoms with Crippen LogP contribution in [0.15, 0.2) is 66.0 Å². The summed E-state index contributed by atoms with van der Waals surface area (Å²) in [5.41, 5.74) is 2.90. The topological polar surface area (TPSA) is 62.2 Å². The van der Waals surface area contributed by atoms with Gasteiger partial charge in [-0.3, -0.25) is 9.78 Å². The predicted molar refractivity (Wildman–Crippen MR) is 116 cm³/mol. The van der Waals surface area contributed by atoms with E-state index in [1.54, 1.807) is 12.4 Å². The van der Waals surface area contributed by atoms with Crippen molar-refractivity contribution in [1.29, 1.82) is 0 Å². The van der Waals surface area contributed by atoms with Gasteiger partial charge >= 0.3 is 0 Å². The van der Waals surface area contributed by atoms with Gasteiger partial charge in [0.15, 0.2) is 0 Å². The van der Waals surface area contributed by atoms with E-state index in [2.05, 4.69) is 20.1 Å². The van der Waals surface area contributed by atoms with E-state index in [4.69, 9.17) is 11.6 Å². The number of aromatic nitrogens is 3. The third kappa shape index (κ3) is 5.05. The normalized spacial score (nSPS) is 14.1. The van der Waals surface area contributed by atoms with Crippen molar-refractivity contribution in [3.05, 3.63) is 65.9 Å². The number of anilines is 1. The van der Waals surface area contributed by atoms with E-state index >= 15 is 0 Å². The van der Waals surface area contributed by atoms with Gasteiger partial charge in [0.25, 0.3) is 0 Å². The van der Waals surface area contributed by atoms with Crippen molar-refractivity contribution >= 4 is 35.0 Å². The average Bonchev–Trinajstić information content (AvgIpc) is 2.79. The van der Waals surface area contributed by atoms with Crippen LogP contribution in [-0.2, 0) is 4.79 Å². The maximum atomic E-state index is 12.6. The summed E-state index contributed by atoms with van der Waals surface area (Å²) in [5, 5.41) is 9.96. The lowest BCUT2D eigenvalue weighted by Crippen LogP contribution is -2.49. The Balaban J connectivity index is 1.26. The van der Waals surface area contributed by atoms with Crippen molar-refractivity contribution in [3.63, 3.8) is 0 Å². The zero-order valence-corrected chi connectivity index (χ0v) is 17.3. The molecule has 1 fully saturated rings. The number of benzene rings is 1. The van der Waals surface area contributed by atoms with Crippen LogP contribution in [0.4, 0.5) is 5.69 Å². The number of hydrogen-bond donors (Lipinski definition) is 0. The lowest BCUT2D eigenvalue weighted by molar-refractivity contribution is -0.128. The van der Waals surface area contributed by atoms with Gasteiger partial charge in [-0.25, -0.2) is 0 Å². The highest BCUT2D eigenvalue weighted by atomic mass is 35.5. The quantitative estimate of drug-likeness (QED) is 0.581. The van der Waals surface area contributed by atoms with Crippen LogP contribution in [0.5, 0.6) is 0 Å². The van der Waals surface area contributed by atoms with Crippen LogP contribution in [0.3, 0.4) is 0 Å². The maximum absolute atomic E-state index is 12.6. The average molecular weight is 426 g/mol. The smallest absolute Gasteiger partial charge is 0.233 e. The van der Waals surface area contributed by atoms with Crippen molar-refractivity contribution in [1.82, 2.24) is 20.1 Å². The molecule has 6 nitrogen and oxygen atoms in total. The van der Waals surface area contributed by atoms with E-state index in [9.17, 15) is 4.79 Å². The van der Waals surface area contributed by atoms with Gasteiger partial charge in [-0.2, -0.15) is 0 Å². The first-order valence-electron chi connectivity index (χ1n) is 9.34. The van der Waals surface area contributed by atoms with Crippen LogP contribution >= 0.6 is 23.4 Å². The standard InChI is InChI=1S/C21H20ClN5OS/c22-17-1-3-18(4-2-17)26-11-13-27(14-12-26)21(28)15-29-20-6-5-19(24-25-20)16-7-9-23-10-8-16/h1-10H,11-15H2. The minimum Gasteiger partial charge on any atom is -0.368 e. The van der Waals surface area contributed by atoms with Crippen LogP contribution in [0, 0.1) is 0 Å². The van der Waals surface area contributed by atoms with Crippen LogP contribution in [0.2, 0.25) is 5.02 Å². The zero-order valence-electron chi connectivity index (χ0n) is 15.7. The van der Waals surface area contributed by atoms with Crippen LogP contribution < -0.4 is 4.90 Å². The molecule has 1 aliphatic rings. The fourth-order valence-corrected chi connectivity index (χ4v) is 4.01. The number of halogens is 1. The van der Waals surface area contributed by atoms with Gasteiger partial charge in [-0.1, -0.05) is 23.4 Å². The van der Waals surface area contributed by atoms with E-state index in [1.165, 1.54) is 11.8 Å². The van der Waals surface area contributed by atoms with Crippen LogP contribution in [0.25, 0.3) is 11.3 Å². The number of thioether (sulfide) groups is 1. The highest BCUT2D eigenvalue weighted by molar-refractivity contribution is 7.99. The Bertz CT molecular complexity index is 945. The molecule has 29 heavy (non-hydrogen) atoms. The third-order valence-electron chi connectivity index (χ3n) is 4.78. The van der Waals surface area contributed by atoms with E-state index < -0.39 is 0 Å². The molecule has 1 aromatic carbocycles. The molecule has 1 saturated heterocycles. The first-order chi connectivity index (χ1) is 14.2. The van der Waals surface area contributed by atoms with Gasteiger partial charge in [0, 0.05) is 54.8 Å². The summed E-state index contributed by atoms with van der Waals surface area (Å²) in [5.74, 6) is 0.496. The minimum atomic E-state index is 0.130. The Hall–Kier alpha value is -2.64. The summed E-state index contributed by atoms with van der Waals surface area (Å²) in [4.78, 5) is 20.8. The first-order valence-corrected chi connectivity index (χ1v) is 10.7. The van der Waals surface area contributed by atoms with Gasteiger partial charge in [-0.15, -0.1) is 10.2 Å². The Labute approximate surface area is 178 Å². The van der Waals surface area contributed by atoms with Crippen molar-refractivity contribution < 1.29 is 4.79 Å². The molecule has 0 aliphatic carbocycles. The second-order valence-corrected chi connectivity index (χ2v) is 8.06. The van der Waals surface area contributed by atoms with Gasteiger partial charge in [-0.05, 0) is 48.5 Å². The minimum absolute atomic E-state index is 0.130. The van der Waals surface area contributed by atoms with Crippen molar-refractivity contribution in [3.8, 4) is 11.3 Å². The van der Waals surface area contributed by atoms with Crippen LogP contribution in [0.1, 0.15) is 0 Å². The molecule has 1 aliphatic heterocycles. The van der Waals surface area contributed by atoms with Gasteiger partial charge in [0.2, 0.25) is 5.91 Å². The molecule has 3 heterocycles. The fraction of sp³-hybridized carbons (Fsp3) is 0.238. The molecule has 0 unspecified atom stereocenters. The SMILES string of the molecule is O=C(CSc1ccc(-c2ccncc2)nn1)N1CCN(c2ccc(Cl)cc2)CC1. The Morgan fingerprint density at radius 1 is 0.931 bits per heavy atom. The van der Waals surface area contributed by atoms with E-state index in [-0.39, 0.29) is 5.91 Å². The molecule has 0 saturated carbocycles. The molecular weight excluding hydrogens is 406 g/mol. The molecule has 0 radical (unpaired) electrons.